The van der Waals surface area contributed by atoms with Gasteiger partial charge in [-0.25, -0.2) is 4.63 Å². The van der Waals surface area contributed by atoms with Gasteiger partial charge in [-0.1, -0.05) is 40.6 Å². The summed E-state index contributed by atoms with van der Waals surface area (Å²) in [7, 11) is 1.60. The van der Waals surface area contributed by atoms with E-state index < -0.39 is 0 Å². The monoisotopic (exact) mass is 450 g/mol. The molecule has 0 aliphatic carbocycles. The summed E-state index contributed by atoms with van der Waals surface area (Å²) < 4.78 is 16.2. The molecule has 9 nitrogen and oxygen atoms in total. The first-order valence-corrected chi connectivity index (χ1v) is 10.7. The normalized spacial score (nSPS) is 15.9. The van der Waals surface area contributed by atoms with Gasteiger partial charge >= 0.3 is 0 Å². The molecule has 33 heavy (non-hydrogen) atoms. The zero-order valence-corrected chi connectivity index (χ0v) is 18.9. The van der Waals surface area contributed by atoms with Crippen LogP contribution in [0, 0.1) is 6.92 Å². The van der Waals surface area contributed by atoms with Crippen molar-refractivity contribution in [1.29, 1.82) is 0 Å². The molecule has 1 saturated heterocycles. The number of hydrogen-bond donors (Lipinski definition) is 0. The smallest absolute Gasteiger partial charge is 0.258 e. The minimum absolute atomic E-state index is 0.0256. The number of para-hydroxylation sites is 2. The van der Waals surface area contributed by atoms with Crippen LogP contribution in [0.1, 0.15) is 40.3 Å². The molecule has 2 aromatic carbocycles. The van der Waals surface area contributed by atoms with E-state index in [4.69, 9.17) is 14.1 Å². The first-order chi connectivity index (χ1) is 16.0. The van der Waals surface area contributed by atoms with E-state index in [1.54, 1.807) is 49.0 Å². The Balaban J connectivity index is 1.64. The summed E-state index contributed by atoms with van der Waals surface area (Å²) in [5.74, 6) is 0.906. The Kier molecular flexibility index (Phi) is 6.58. The third-order valence-corrected chi connectivity index (χ3v) is 5.81. The third kappa shape index (κ3) is 4.67. The third-order valence-electron chi connectivity index (χ3n) is 5.81. The van der Waals surface area contributed by atoms with Crippen LogP contribution < -0.4 is 9.47 Å². The minimum Gasteiger partial charge on any atom is -0.496 e. The number of nitrogens with zero attached hydrogens (tertiary/aromatic N) is 4. The lowest BCUT2D eigenvalue weighted by Gasteiger charge is -2.42. The summed E-state index contributed by atoms with van der Waals surface area (Å²) in [6.45, 7) is 4.68. The Morgan fingerprint density at radius 3 is 2.48 bits per heavy atom. The fourth-order valence-corrected chi connectivity index (χ4v) is 3.97. The summed E-state index contributed by atoms with van der Waals surface area (Å²) in [5.41, 5.74) is 2.49. The molecule has 2 amide bonds. The van der Waals surface area contributed by atoms with Crippen molar-refractivity contribution in [2.75, 3.05) is 26.7 Å². The fourth-order valence-electron chi connectivity index (χ4n) is 3.97. The Morgan fingerprint density at radius 1 is 1.06 bits per heavy atom. The van der Waals surface area contributed by atoms with Crippen LogP contribution in [0.25, 0.3) is 0 Å². The second-order valence-electron chi connectivity index (χ2n) is 7.80. The van der Waals surface area contributed by atoms with Gasteiger partial charge in [0.05, 0.1) is 18.7 Å². The van der Waals surface area contributed by atoms with Crippen molar-refractivity contribution < 1.29 is 23.7 Å². The first-order valence-electron chi connectivity index (χ1n) is 10.7. The van der Waals surface area contributed by atoms with Crippen molar-refractivity contribution in [2.24, 2.45) is 0 Å². The molecule has 1 aromatic heterocycles. The van der Waals surface area contributed by atoms with Crippen LogP contribution in [0.2, 0.25) is 0 Å². The zero-order chi connectivity index (χ0) is 23.4. The number of benzene rings is 2. The largest absolute Gasteiger partial charge is 0.496 e. The number of carbonyl (C=O) groups is 2. The molecule has 1 aliphatic rings. The number of piperazine rings is 1. The van der Waals surface area contributed by atoms with Gasteiger partial charge in [0.25, 0.3) is 5.91 Å². The second-order valence-corrected chi connectivity index (χ2v) is 7.80. The minimum atomic E-state index is -0.360. The Labute approximate surface area is 191 Å². The van der Waals surface area contributed by atoms with Gasteiger partial charge in [0.15, 0.2) is 0 Å². The van der Waals surface area contributed by atoms with Crippen LogP contribution in [-0.2, 0) is 11.4 Å². The summed E-state index contributed by atoms with van der Waals surface area (Å²) >= 11 is 0. The Bertz CT molecular complexity index is 1150. The molecule has 0 spiro atoms. The Hall–Kier alpha value is -3.88. The summed E-state index contributed by atoms with van der Waals surface area (Å²) in [5, 5.41) is 7.59. The summed E-state index contributed by atoms with van der Waals surface area (Å²) in [4.78, 5) is 29.4. The number of hydrogen-bond acceptors (Lipinski definition) is 7. The summed E-state index contributed by atoms with van der Waals surface area (Å²) in [6.07, 6.45) is 0. The predicted octanol–water partition coefficient (Wildman–Crippen LogP) is 3.01. The molecule has 0 radical (unpaired) electrons. The zero-order valence-electron chi connectivity index (χ0n) is 18.9. The highest BCUT2D eigenvalue weighted by molar-refractivity contribution is 5.97. The molecular weight excluding hydrogens is 424 g/mol. The van der Waals surface area contributed by atoms with Gasteiger partial charge in [-0.2, -0.15) is 0 Å². The van der Waals surface area contributed by atoms with Crippen LogP contribution in [-0.4, -0.2) is 58.7 Å². The van der Waals surface area contributed by atoms with Crippen LogP contribution in [0.5, 0.6) is 11.5 Å². The van der Waals surface area contributed by atoms with Gasteiger partial charge in [0.1, 0.15) is 29.5 Å². The van der Waals surface area contributed by atoms with Crippen molar-refractivity contribution in [1.82, 2.24) is 20.1 Å². The molecule has 172 valence electrons. The molecule has 2 heterocycles. The number of aromatic nitrogens is 2. The molecule has 4 rings (SSSR count). The lowest BCUT2D eigenvalue weighted by Crippen LogP contribution is -2.52. The van der Waals surface area contributed by atoms with Crippen molar-refractivity contribution in [3.05, 3.63) is 71.0 Å². The SMILES string of the molecule is COc1ccccc1[C@@H]1CN(C(C)=O)CCN1C(=O)c1ccccc1OCc1nonc1C. The fraction of sp³-hybridized carbons (Fsp3) is 0.333. The highest BCUT2D eigenvalue weighted by Crippen LogP contribution is 2.34. The summed E-state index contributed by atoms with van der Waals surface area (Å²) in [6, 6.07) is 14.3. The van der Waals surface area contributed by atoms with Crippen LogP contribution in [0.4, 0.5) is 0 Å². The predicted molar refractivity (Wildman–Crippen MR) is 119 cm³/mol. The van der Waals surface area contributed by atoms with E-state index >= 15 is 0 Å². The molecular formula is C24H26N4O5. The molecule has 0 bridgehead atoms. The Morgan fingerprint density at radius 2 is 1.79 bits per heavy atom. The van der Waals surface area contributed by atoms with Crippen molar-refractivity contribution in [2.45, 2.75) is 26.5 Å². The number of ether oxygens (including phenoxy) is 2. The van der Waals surface area contributed by atoms with Crippen LogP contribution in [0.3, 0.4) is 0 Å². The van der Waals surface area contributed by atoms with Gasteiger partial charge in [-0.15, -0.1) is 0 Å². The van der Waals surface area contributed by atoms with Crippen molar-refractivity contribution in [3.8, 4) is 11.5 Å². The lowest BCUT2D eigenvalue weighted by molar-refractivity contribution is -0.131. The highest BCUT2D eigenvalue weighted by atomic mass is 16.6. The molecule has 1 atom stereocenters. The average Bonchev–Trinajstić information content (AvgIpc) is 3.26. The molecule has 0 N–H and O–H groups in total. The van der Waals surface area contributed by atoms with Gasteiger partial charge in [0.2, 0.25) is 5.91 Å². The number of rotatable bonds is 6. The van der Waals surface area contributed by atoms with Crippen LogP contribution >= 0.6 is 0 Å². The maximum atomic E-state index is 13.8. The maximum Gasteiger partial charge on any atom is 0.258 e. The van der Waals surface area contributed by atoms with Gasteiger partial charge in [-0.05, 0) is 25.1 Å². The van der Waals surface area contributed by atoms with E-state index in [-0.39, 0.29) is 24.5 Å². The number of aryl methyl sites for hydroxylation is 1. The average molecular weight is 450 g/mol. The molecule has 9 heteroatoms. The number of carbonyl (C=O) groups excluding carboxylic acids is 2. The first kappa shape index (κ1) is 22.3. The molecule has 0 saturated carbocycles. The van der Waals surface area contributed by atoms with E-state index in [1.165, 1.54) is 0 Å². The van der Waals surface area contributed by atoms with E-state index in [0.717, 1.165) is 5.56 Å². The van der Waals surface area contributed by atoms with E-state index in [9.17, 15) is 9.59 Å². The topological polar surface area (TPSA) is 98.0 Å². The number of methoxy groups -OCH3 is 1. The molecule has 3 aromatic rings. The lowest BCUT2D eigenvalue weighted by atomic mass is 9.99. The number of amides is 2. The molecule has 1 fully saturated rings. The van der Waals surface area contributed by atoms with Crippen molar-refractivity contribution in [3.63, 3.8) is 0 Å². The standard InChI is InChI=1S/C24H26N4O5/c1-16-20(26-33-25-16)15-32-23-11-7-5-9-19(23)24(30)28-13-12-27(17(2)29)14-21(28)18-8-4-6-10-22(18)31-3/h4-11,21H,12-15H2,1-3H3/t21-/m0/s1. The van der Waals surface area contributed by atoms with Gasteiger partial charge in [-0.3, -0.25) is 9.59 Å². The van der Waals surface area contributed by atoms with E-state index in [2.05, 4.69) is 10.3 Å². The van der Waals surface area contributed by atoms with Crippen LogP contribution in [0.15, 0.2) is 53.2 Å². The van der Waals surface area contributed by atoms with Gasteiger partial charge in [0, 0.05) is 32.1 Å². The second kappa shape index (κ2) is 9.72. The quantitative estimate of drug-likeness (QED) is 0.569. The van der Waals surface area contributed by atoms with Gasteiger partial charge < -0.3 is 19.3 Å². The maximum absolute atomic E-state index is 13.8. The highest BCUT2D eigenvalue weighted by Gasteiger charge is 2.35. The van der Waals surface area contributed by atoms with E-state index in [0.29, 0.717) is 48.1 Å². The van der Waals surface area contributed by atoms with E-state index in [1.807, 2.05) is 30.3 Å². The molecule has 1 aliphatic heterocycles. The molecule has 0 unspecified atom stereocenters. The van der Waals surface area contributed by atoms with Crippen molar-refractivity contribution >= 4 is 11.8 Å².